The van der Waals surface area contributed by atoms with Gasteiger partial charge in [0.25, 0.3) is 0 Å². The Labute approximate surface area is 154 Å². The summed E-state index contributed by atoms with van der Waals surface area (Å²) in [6.45, 7) is 4.72. The lowest BCUT2D eigenvalue weighted by atomic mass is 9.51. The van der Waals surface area contributed by atoms with Crippen molar-refractivity contribution in [3.05, 3.63) is 58.8 Å². The van der Waals surface area contributed by atoms with Gasteiger partial charge in [0.1, 0.15) is 6.07 Å². The van der Waals surface area contributed by atoms with Crippen LogP contribution in [0.25, 0.3) is 0 Å². The molecule has 2 N–H and O–H groups in total. The summed E-state index contributed by atoms with van der Waals surface area (Å²) in [4.78, 5) is 2.18. The Bertz CT molecular complexity index is 908. The summed E-state index contributed by atoms with van der Waals surface area (Å²) in [7, 11) is 2.01. The van der Waals surface area contributed by atoms with E-state index in [-0.39, 0.29) is 17.3 Å². The molecule has 2 aliphatic rings. The standard InChI is InChI=1S/C21H21N5/c1-14-9-17-16(10-22)19(25)21(11-23,12-24)18(15-7-5-4-6-8-15)20(17,2)13-26(14)3/h4-9,14,18H,13,25H2,1-3H3/t14-,18-,20-/m0/s1. The molecule has 0 saturated carbocycles. The van der Waals surface area contributed by atoms with E-state index in [9.17, 15) is 15.8 Å². The van der Waals surface area contributed by atoms with Gasteiger partial charge in [0.2, 0.25) is 0 Å². The molecular weight excluding hydrogens is 322 g/mol. The maximum Gasteiger partial charge on any atom is 0.191 e. The fraction of sp³-hybridized carbons (Fsp3) is 0.381. The van der Waals surface area contributed by atoms with Gasteiger partial charge in [0, 0.05) is 23.9 Å². The lowest BCUT2D eigenvalue weighted by molar-refractivity contribution is 0.124. The number of nitrogens with zero attached hydrogens (tertiary/aromatic N) is 4. The fourth-order valence-corrected chi connectivity index (χ4v) is 4.56. The summed E-state index contributed by atoms with van der Waals surface area (Å²) >= 11 is 0. The summed E-state index contributed by atoms with van der Waals surface area (Å²) < 4.78 is 0. The molecule has 5 nitrogen and oxygen atoms in total. The van der Waals surface area contributed by atoms with Gasteiger partial charge in [-0.25, -0.2) is 0 Å². The van der Waals surface area contributed by atoms with Gasteiger partial charge in [-0.3, -0.25) is 4.90 Å². The van der Waals surface area contributed by atoms with E-state index in [1.807, 2.05) is 50.4 Å². The first-order valence-electron chi connectivity index (χ1n) is 8.56. The third-order valence-electron chi connectivity index (χ3n) is 5.93. The van der Waals surface area contributed by atoms with Crippen LogP contribution in [0, 0.1) is 44.8 Å². The van der Waals surface area contributed by atoms with Crippen molar-refractivity contribution >= 4 is 0 Å². The van der Waals surface area contributed by atoms with Crippen LogP contribution in [0.5, 0.6) is 0 Å². The number of hydrogen-bond acceptors (Lipinski definition) is 5. The first-order valence-corrected chi connectivity index (χ1v) is 8.56. The molecule has 0 bridgehead atoms. The summed E-state index contributed by atoms with van der Waals surface area (Å²) in [6.07, 6.45) is 2.05. The molecule has 0 radical (unpaired) electrons. The minimum atomic E-state index is -1.58. The van der Waals surface area contributed by atoms with Crippen LogP contribution in [-0.4, -0.2) is 24.5 Å². The lowest BCUT2D eigenvalue weighted by Crippen LogP contribution is -2.54. The van der Waals surface area contributed by atoms with Gasteiger partial charge in [0.05, 0.1) is 23.4 Å². The smallest absolute Gasteiger partial charge is 0.191 e. The molecule has 26 heavy (non-hydrogen) atoms. The van der Waals surface area contributed by atoms with Crippen LogP contribution in [0.1, 0.15) is 25.3 Å². The number of rotatable bonds is 1. The molecule has 0 aromatic heterocycles. The van der Waals surface area contributed by atoms with Crippen molar-refractivity contribution < 1.29 is 0 Å². The molecule has 1 heterocycles. The van der Waals surface area contributed by atoms with Gasteiger partial charge in [-0.05, 0) is 25.1 Å². The summed E-state index contributed by atoms with van der Waals surface area (Å²) in [6, 6.07) is 16.2. The van der Waals surface area contributed by atoms with Crippen LogP contribution >= 0.6 is 0 Å². The number of allylic oxidation sites excluding steroid dienone is 2. The lowest BCUT2D eigenvalue weighted by Gasteiger charge is -2.53. The van der Waals surface area contributed by atoms with Gasteiger partial charge >= 0.3 is 0 Å². The molecule has 1 aromatic rings. The molecule has 0 unspecified atom stereocenters. The highest BCUT2D eigenvalue weighted by Gasteiger charge is 2.60. The molecule has 1 aromatic carbocycles. The fourth-order valence-electron chi connectivity index (χ4n) is 4.56. The zero-order valence-corrected chi connectivity index (χ0v) is 15.2. The number of benzene rings is 1. The molecule has 1 aliphatic carbocycles. The quantitative estimate of drug-likeness (QED) is 0.845. The number of likely N-dealkylation sites (N-methyl/N-ethyl adjacent to an activating group) is 1. The van der Waals surface area contributed by atoms with E-state index in [2.05, 4.69) is 30.0 Å². The number of hydrogen-bond donors (Lipinski definition) is 1. The van der Waals surface area contributed by atoms with E-state index in [1.54, 1.807) is 0 Å². The van der Waals surface area contributed by atoms with Crippen molar-refractivity contribution in [1.29, 1.82) is 15.8 Å². The van der Waals surface area contributed by atoms with Gasteiger partial charge in [-0.1, -0.05) is 43.3 Å². The highest BCUT2D eigenvalue weighted by atomic mass is 15.1. The van der Waals surface area contributed by atoms with Crippen molar-refractivity contribution in [2.75, 3.05) is 13.6 Å². The molecule has 130 valence electrons. The van der Waals surface area contributed by atoms with E-state index in [4.69, 9.17) is 5.73 Å². The van der Waals surface area contributed by atoms with E-state index in [0.29, 0.717) is 6.54 Å². The van der Waals surface area contributed by atoms with Crippen LogP contribution in [0.3, 0.4) is 0 Å². The molecule has 1 aliphatic heterocycles. The summed E-state index contributed by atoms with van der Waals surface area (Å²) in [5.74, 6) is -0.468. The first kappa shape index (κ1) is 17.7. The third-order valence-corrected chi connectivity index (χ3v) is 5.93. The van der Waals surface area contributed by atoms with Crippen molar-refractivity contribution in [3.8, 4) is 18.2 Å². The Morgan fingerprint density at radius 3 is 2.31 bits per heavy atom. The molecular formula is C21H21N5. The van der Waals surface area contributed by atoms with E-state index in [1.165, 1.54) is 0 Å². The van der Waals surface area contributed by atoms with Gasteiger partial charge in [0.15, 0.2) is 5.41 Å². The Balaban J connectivity index is 2.44. The largest absolute Gasteiger partial charge is 0.399 e. The zero-order chi connectivity index (χ0) is 19.1. The molecule has 0 saturated heterocycles. The van der Waals surface area contributed by atoms with E-state index in [0.717, 1.165) is 11.1 Å². The van der Waals surface area contributed by atoms with E-state index >= 15 is 0 Å². The van der Waals surface area contributed by atoms with Crippen LogP contribution < -0.4 is 5.73 Å². The van der Waals surface area contributed by atoms with Crippen LogP contribution in [-0.2, 0) is 0 Å². The maximum atomic E-state index is 10.1. The average Bonchev–Trinajstić information content (AvgIpc) is 2.64. The molecule has 3 atom stereocenters. The second-order valence-corrected chi connectivity index (χ2v) is 7.43. The predicted molar refractivity (Wildman–Crippen MR) is 98.0 cm³/mol. The second kappa shape index (κ2) is 6.03. The number of fused-ring (bicyclic) bond motifs is 1. The van der Waals surface area contributed by atoms with Gasteiger partial charge in [-0.2, -0.15) is 15.8 Å². The summed E-state index contributed by atoms with van der Waals surface area (Å²) in [5, 5.41) is 29.9. The SMILES string of the molecule is C[C@H]1C=C2C(C#N)=C(N)C(C#N)(C#N)[C@@H](c3ccccc3)[C@@]2(C)CN1C. The van der Waals surface area contributed by atoms with Crippen LogP contribution in [0.2, 0.25) is 0 Å². The highest BCUT2D eigenvalue weighted by molar-refractivity contribution is 5.61. The third kappa shape index (κ3) is 2.17. The topological polar surface area (TPSA) is 101 Å². The van der Waals surface area contributed by atoms with Crippen molar-refractivity contribution in [1.82, 2.24) is 4.90 Å². The first-order chi connectivity index (χ1) is 12.4. The van der Waals surface area contributed by atoms with Gasteiger partial charge in [-0.15, -0.1) is 0 Å². The van der Waals surface area contributed by atoms with Crippen LogP contribution in [0.4, 0.5) is 0 Å². The molecule has 0 spiro atoms. The Hall–Kier alpha value is -3.07. The molecule has 5 heteroatoms. The second-order valence-electron chi connectivity index (χ2n) is 7.43. The molecule has 0 amide bonds. The minimum Gasteiger partial charge on any atom is -0.399 e. The normalized spacial score (nSPS) is 30.4. The van der Waals surface area contributed by atoms with Crippen molar-refractivity contribution in [2.24, 2.45) is 16.6 Å². The highest BCUT2D eigenvalue weighted by Crippen LogP contribution is 2.60. The Morgan fingerprint density at radius 2 is 1.77 bits per heavy atom. The average molecular weight is 343 g/mol. The van der Waals surface area contributed by atoms with Crippen LogP contribution in [0.15, 0.2) is 53.3 Å². The molecule has 0 fully saturated rings. The van der Waals surface area contributed by atoms with Crippen molar-refractivity contribution in [3.63, 3.8) is 0 Å². The monoisotopic (exact) mass is 343 g/mol. The minimum absolute atomic E-state index is 0.0688. The van der Waals surface area contributed by atoms with Crippen molar-refractivity contribution in [2.45, 2.75) is 25.8 Å². The zero-order valence-electron chi connectivity index (χ0n) is 15.2. The number of nitriles is 3. The predicted octanol–water partition coefficient (Wildman–Crippen LogP) is 2.82. The number of nitrogens with two attached hydrogens (primary N) is 1. The van der Waals surface area contributed by atoms with Gasteiger partial charge < -0.3 is 5.73 Å². The van der Waals surface area contributed by atoms with E-state index < -0.39 is 16.7 Å². The Morgan fingerprint density at radius 1 is 1.15 bits per heavy atom. The Kier molecular flexibility index (Phi) is 4.11. The summed E-state index contributed by atoms with van der Waals surface area (Å²) in [5.41, 5.74) is 6.23. The molecule has 3 rings (SSSR count). The maximum absolute atomic E-state index is 10.1.